The van der Waals surface area contributed by atoms with Crippen LogP contribution in [0.5, 0.6) is 0 Å². The zero-order chi connectivity index (χ0) is 12.8. The summed E-state index contributed by atoms with van der Waals surface area (Å²) in [5, 5.41) is 2.70. The van der Waals surface area contributed by atoms with Crippen molar-refractivity contribution in [2.45, 2.75) is 26.4 Å². The van der Waals surface area contributed by atoms with Gasteiger partial charge in [-0.3, -0.25) is 0 Å². The molecule has 1 nitrogen and oxygen atoms in total. The van der Waals surface area contributed by atoms with Crippen LogP contribution >= 0.6 is 0 Å². The molecule has 18 heavy (non-hydrogen) atoms. The van der Waals surface area contributed by atoms with Gasteiger partial charge < -0.3 is 4.43 Å². The molecule has 0 aliphatic carbocycles. The fourth-order valence-electron chi connectivity index (χ4n) is 1.93. The molecule has 2 aromatic carbocycles. The van der Waals surface area contributed by atoms with Gasteiger partial charge in [-0.25, -0.2) is 0 Å². The summed E-state index contributed by atoms with van der Waals surface area (Å²) in [6.45, 7) is 4.33. The molecule has 0 saturated heterocycles. The average Bonchev–Trinajstić information content (AvgIpc) is 2.46. The Hall–Kier alpha value is -1.38. The van der Waals surface area contributed by atoms with Crippen molar-refractivity contribution in [2.24, 2.45) is 0 Å². The Morgan fingerprint density at radius 2 is 1.33 bits per heavy atom. The topological polar surface area (TPSA) is 9.23 Å². The predicted molar refractivity (Wildman–Crippen MR) is 80.1 cm³/mol. The van der Waals surface area contributed by atoms with Crippen molar-refractivity contribution in [2.75, 3.05) is 0 Å². The van der Waals surface area contributed by atoms with Gasteiger partial charge in [0.25, 0.3) is 0 Å². The van der Waals surface area contributed by atoms with E-state index >= 15 is 0 Å². The highest BCUT2D eigenvalue weighted by Gasteiger charge is 2.19. The molecule has 94 valence electrons. The van der Waals surface area contributed by atoms with Crippen molar-refractivity contribution in [1.29, 1.82) is 0 Å². The van der Waals surface area contributed by atoms with E-state index in [4.69, 9.17) is 4.43 Å². The minimum Gasteiger partial charge on any atom is -0.408 e. The van der Waals surface area contributed by atoms with E-state index in [0.717, 1.165) is 6.42 Å². The molecule has 0 N–H and O–H groups in total. The molecule has 2 rings (SSSR count). The maximum Gasteiger partial charge on any atom is 0.240 e. The fourth-order valence-corrected chi connectivity index (χ4v) is 4.43. The molecule has 0 bridgehead atoms. The summed E-state index contributed by atoms with van der Waals surface area (Å²) in [6.07, 6.45) is 1.38. The van der Waals surface area contributed by atoms with Gasteiger partial charge in [0, 0.05) is 6.10 Å². The Kier molecular flexibility index (Phi) is 4.73. The lowest BCUT2D eigenvalue weighted by Crippen LogP contribution is -2.46. The standard InChI is InChI=1S/C16H20OSi/c1-3-14(2)17-18(15-10-6-4-7-11-15)16-12-8-5-9-13-16/h4-14,18H,3H2,1-2H3/t14-/m0/s1. The largest absolute Gasteiger partial charge is 0.408 e. The number of hydrogen-bond donors (Lipinski definition) is 0. The molecule has 2 heteroatoms. The zero-order valence-corrected chi connectivity index (χ0v) is 12.2. The van der Waals surface area contributed by atoms with Crippen molar-refractivity contribution >= 4 is 19.4 Å². The van der Waals surface area contributed by atoms with E-state index in [1.807, 2.05) is 0 Å². The summed E-state index contributed by atoms with van der Waals surface area (Å²) in [5.41, 5.74) is 0. The predicted octanol–water partition coefficient (Wildman–Crippen LogP) is 2.34. The van der Waals surface area contributed by atoms with Gasteiger partial charge in [-0.2, -0.15) is 0 Å². The highest BCUT2D eigenvalue weighted by Crippen LogP contribution is 2.01. The smallest absolute Gasteiger partial charge is 0.240 e. The van der Waals surface area contributed by atoms with Gasteiger partial charge in [0.15, 0.2) is 0 Å². The van der Waals surface area contributed by atoms with E-state index in [2.05, 4.69) is 74.5 Å². The highest BCUT2D eigenvalue weighted by molar-refractivity contribution is 6.80. The van der Waals surface area contributed by atoms with Crippen LogP contribution in [0.25, 0.3) is 0 Å². The Morgan fingerprint density at radius 1 is 0.889 bits per heavy atom. The summed E-state index contributed by atoms with van der Waals surface area (Å²) in [4.78, 5) is 0. The average molecular weight is 256 g/mol. The summed E-state index contributed by atoms with van der Waals surface area (Å²) < 4.78 is 6.31. The van der Waals surface area contributed by atoms with E-state index in [0.29, 0.717) is 6.10 Å². The lowest BCUT2D eigenvalue weighted by Gasteiger charge is -2.21. The second-order valence-corrected chi connectivity index (χ2v) is 6.92. The second kappa shape index (κ2) is 6.52. The Morgan fingerprint density at radius 3 is 1.72 bits per heavy atom. The molecular weight excluding hydrogens is 236 g/mol. The van der Waals surface area contributed by atoms with Crippen molar-refractivity contribution < 1.29 is 4.43 Å². The van der Waals surface area contributed by atoms with Crippen LogP contribution < -0.4 is 10.4 Å². The third-order valence-corrected chi connectivity index (χ3v) is 5.87. The summed E-state index contributed by atoms with van der Waals surface area (Å²) >= 11 is 0. The molecule has 0 aromatic heterocycles. The molecule has 0 spiro atoms. The maximum absolute atomic E-state index is 6.31. The molecule has 1 atom stereocenters. The maximum atomic E-state index is 6.31. The summed E-state index contributed by atoms with van der Waals surface area (Å²) in [6, 6.07) is 21.2. The SMILES string of the molecule is CC[C@H](C)O[SiH](c1ccccc1)c1ccccc1. The second-order valence-electron chi connectivity index (χ2n) is 4.56. The molecule has 0 radical (unpaired) electrons. The van der Waals surface area contributed by atoms with Crippen LogP contribution in [-0.4, -0.2) is 15.1 Å². The molecule has 0 amide bonds. The van der Waals surface area contributed by atoms with Gasteiger partial charge >= 0.3 is 0 Å². The van der Waals surface area contributed by atoms with E-state index < -0.39 is 9.04 Å². The van der Waals surface area contributed by atoms with Gasteiger partial charge in [-0.15, -0.1) is 0 Å². The van der Waals surface area contributed by atoms with Gasteiger partial charge in [-0.05, 0) is 23.7 Å². The molecular formula is C16H20OSi. The monoisotopic (exact) mass is 256 g/mol. The van der Waals surface area contributed by atoms with Gasteiger partial charge in [0.05, 0.1) is 0 Å². The van der Waals surface area contributed by atoms with E-state index in [9.17, 15) is 0 Å². The third-order valence-electron chi connectivity index (χ3n) is 3.15. The molecule has 0 unspecified atom stereocenters. The lowest BCUT2D eigenvalue weighted by molar-refractivity contribution is 0.226. The van der Waals surface area contributed by atoms with Crippen LogP contribution in [-0.2, 0) is 4.43 Å². The Bertz CT molecular complexity index is 416. The lowest BCUT2D eigenvalue weighted by atomic mass is 10.3. The van der Waals surface area contributed by atoms with Crippen molar-refractivity contribution in [1.82, 2.24) is 0 Å². The summed E-state index contributed by atoms with van der Waals surface area (Å²) in [5.74, 6) is 0. The molecule has 0 saturated carbocycles. The zero-order valence-electron chi connectivity index (χ0n) is 11.0. The normalized spacial score (nSPS) is 12.6. The Balaban J connectivity index is 2.29. The molecule has 0 heterocycles. The molecule has 0 fully saturated rings. The van der Waals surface area contributed by atoms with Gasteiger partial charge in [0.2, 0.25) is 9.04 Å². The van der Waals surface area contributed by atoms with Crippen LogP contribution in [0.3, 0.4) is 0 Å². The van der Waals surface area contributed by atoms with Crippen molar-refractivity contribution in [3.63, 3.8) is 0 Å². The Labute approximate surface area is 111 Å². The summed E-state index contributed by atoms with van der Waals surface area (Å²) in [7, 11) is -1.53. The quantitative estimate of drug-likeness (QED) is 0.746. The van der Waals surface area contributed by atoms with Crippen LogP contribution in [0, 0.1) is 0 Å². The molecule has 0 aliphatic heterocycles. The van der Waals surface area contributed by atoms with E-state index in [1.54, 1.807) is 0 Å². The van der Waals surface area contributed by atoms with Gasteiger partial charge in [-0.1, -0.05) is 67.6 Å². The number of benzene rings is 2. The molecule has 2 aromatic rings. The van der Waals surface area contributed by atoms with Crippen molar-refractivity contribution in [3.05, 3.63) is 60.7 Å². The minimum absolute atomic E-state index is 0.321. The first-order chi connectivity index (χ1) is 8.81. The van der Waals surface area contributed by atoms with Crippen LogP contribution in [0.1, 0.15) is 20.3 Å². The number of hydrogen-bond acceptors (Lipinski definition) is 1. The van der Waals surface area contributed by atoms with E-state index in [1.165, 1.54) is 10.4 Å². The van der Waals surface area contributed by atoms with Crippen LogP contribution in [0.2, 0.25) is 0 Å². The first-order valence-corrected chi connectivity index (χ1v) is 8.19. The van der Waals surface area contributed by atoms with Crippen LogP contribution in [0.4, 0.5) is 0 Å². The first-order valence-electron chi connectivity index (χ1n) is 6.56. The van der Waals surface area contributed by atoms with Gasteiger partial charge in [0.1, 0.15) is 0 Å². The highest BCUT2D eigenvalue weighted by atomic mass is 28.3. The number of rotatable bonds is 5. The van der Waals surface area contributed by atoms with Crippen molar-refractivity contribution in [3.8, 4) is 0 Å². The fraction of sp³-hybridized carbons (Fsp3) is 0.250. The first kappa shape index (κ1) is 13.1. The third kappa shape index (κ3) is 3.31. The van der Waals surface area contributed by atoms with E-state index in [-0.39, 0.29) is 0 Å². The van der Waals surface area contributed by atoms with Crippen LogP contribution in [0.15, 0.2) is 60.7 Å². The molecule has 0 aliphatic rings. The minimum atomic E-state index is -1.53.